The molecule has 1 aliphatic heterocycles. The normalized spacial score (nSPS) is 19.4. The van der Waals surface area contributed by atoms with Crippen molar-refractivity contribution in [3.8, 4) is 0 Å². The van der Waals surface area contributed by atoms with Crippen molar-refractivity contribution in [3.05, 3.63) is 24.3 Å². The third-order valence-electron chi connectivity index (χ3n) is 2.14. The molecular formula is C9H9N3O3. The average Bonchev–Trinajstić information content (AvgIpc) is 2.19. The van der Waals surface area contributed by atoms with Crippen LogP contribution in [-0.4, -0.2) is 23.3 Å². The first-order chi connectivity index (χ1) is 7.11. The van der Waals surface area contributed by atoms with Crippen LogP contribution in [0.5, 0.6) is 0 Å². The molecule has 2 rings (SSSR count). The van der Waals surface area contributed by atoms with Crippen LogP contribution < -0.4 is 16.0 Å². The maximum absolute atomic E-state index is 11.3. The second kappa shape index (κ2) is 3.25. The fourth-order valence-electron chi connectivity index (χ4n) is 1.47. The topological polar surface area (TPSA) is 95.7 Å². The zero-order chi connectivity index (χ0) is 11.0. The Hall–Kier alpha value is -2.08. The van der Waals surface area contributed by atoms with Crippen LogP contribution in [0.2, 0.25) is 0 Å². The van der Waals surface area contributed by atoms with Crippen molar-refractivity contribution in [3.63, 3.8) is 0 Å². The number of amides is 3. The Bertz CT molecular complexity index is 432. The van der Waals surface area contributed by atoms with Crippen LogP contribution in [0.15, 0.2) is 24.3 Å². The third kappa shape index (κ3) is 1.40. The number of rotatable bonds is 0. The highest BCUT2D eigenvalue weighted by molar-refractivity contribution is 6.10. The van der Waals surface area contributed by atoms with E-state index in [1.165, 1.54) is 0 Å². The van der Waals surface area contributed by atoms with Crippen LogP contribution in [0, 0.1) is 0 Å². The molecule has 1 aromatic carbocycles. The summed E-state index contributed by atoms with van der Waals surface area (Å²) in [6.45, 7) is 0. The number of nitrogens with zero attached hydrogens (tertiary/aromatic N) is 1. The Morgan fingerprint density at radius 1 is 1.47 bits per heavy atom. The van der Waals surface area contributed by atoms with E-state index in [1.807, 2.05) is 0 Å². The number of fused-ring (bicyclic) bond motifs is 1. The molecule has 78 valence electrons. The maximum Gasteiger partial charge on any atom is 0.321 e. The fraction of sp³-hybridized carbons (Fsp3) is 0.111. The summed E-state index contributed by atoms with van der Waals surface area (Å²) < 4.78 is 0. The molecule has 3 amide bonds. The number of para-hydroxylation sites is 2. The van der Waals surface area contributed by atoms with E-state index in [1.54, 1.807) is 24.3 Å². The van der Waals surface area contributed by atoms with Gasteiger partial charge in [0.25, 0.3) is 5.91 Å². The second-order valence-corrected chi connectivity index (χ2v) is 3.09. The van der Waals surface area contributed by atoms with Gasteiger partial charge in [-0.25, -0.2) is 4.79 Å². The van der Waals surface area contributed by atoms with Gasteiger partial charge >= 0.3 is 6.03 Å². The highest BCUT2D eigenvalue weighted by Gasteiger charge is 2.34. The summed E-state index contributed by atoms with van der Waals surface area (Å²) in [5.41, 5.74) is 5.92. The zero-order valence-corrected chi connectivity index (χ0v) is 7.68. The number of aliphatic hydroxyl groups is 1. The SMILES string of the molecule is NC(=O)N1c2ccccc2NC(=O)C1O. The van der Waals surface area contributed by atoms with Gasteiger partial charge in [-0.15, -0.1) is 0 Å². The number of hydrogen-bond acceptors (Lipinski definition) is 3. The molecule has 0 fully saturated rings. The van der Waals surface area contributed by atoms with Crippen molar-refractivity contribution in [2.45, 2.75) is 6.23 Å². The van der Waals surface area contributed by atoms with Gasteiger partial charge in [0.1, 0.15) is 0 Å². The molecule has 1 aliphatic rings. The molecule has 6 heteroatoms. The number of aliphatic hydroxyl groups excluding tert-OH is 1. The molecule has 1 aromatic rings. The smallest absolute Gasteiger partial charge is 0.321 e. The van der Waals surface area contributed by atoms with Gasteiger partial charge in [0.15, 0.2) is 0 Å². The van der Waals surface area contributed by atoms with E-state index in [4.69, 9.17) is 5.73 Å². The summed E-state index contributed by atoms with van der Waals surface area (Å²) in [6, 6.07) is 5.72. The molecule has 1 unspecified atom stereocenters. The van der Waals surface area contributed by atoms with Crippen molar-refractivity contribution in [1.82, 2.24) is 0 Å². The van der Waals surface area contributed by atoms with Gasteiger partial charge < -0.3 is 16.2 Å². The van der Waals surface area contributed by atoms with E-state index < -0.39 is 18.2 Å². The molecule has 6 nitrogen and oxygen atoms in total. The molecule has 0 spiro atoms. The molecule has 15 heavy (non-hydrogen) atoms. The minimum Gasteiger partial charge on any atom is -0.365 e. The van der Waals surface area contributed by atoms with E-state index in [9.17, 15) is 14.7 Å². The Labute approximate surface area is 85.3 Å². The van der Waals surface area contributed by atoms with E-state index in [-0.39, 0.29) is 0 Å². The summed E-state index contributed by atoms with van der Waals surface area (Å²) in [5, 5.41) is 11.9. The summed E-state index contributed by atoms with van der Waals surface area (Å²) in [6.07, 6.45) is -1.57. The lowest BCUT2D eigenvalue weighted by atomic mass is 10.2. The Kier molecular flexibility index (Phi) is 2.05. The lowest BCUT2D eigenvalue weighted by Gasteiger charge is -2.31. The largest absolute Gasteiger partial charge is 0.365 e. The number of nitrogens with one attached hydrogen (secondary N) is 1. The lowest BCUT2D eigenvalue weighted by molar-refractivity contribution is -0.123. The number of carbonyl (C=O) groups is 2. The number of nitrogens with two attached hydrogens (primary N) is 1. The molecule has 0 bridgehead atoms. The molecule has 0 radical (unpaired) electrons. The monoisotopic (exact) mass is 207 g/mol. The second-order valence-electron chi connectivity index (χ2n) is 3.09. The maximum atomic E-state index is 11.3. The van der Waals surface area contributed by atoms with Crippen molar-refractivity contribution >= 4 is 23.3 Å². The number of hydrogen-bond donors (Lipinski definition) is 3. The van der Waals surface area contributed by atoms with Crippen LogP contribution in [0.25, 0.3) is 0 Å². The van der Waals surface area contributed by atoms with Gasteiger partial charge in [-0.2, -0.15) is 0 Å². The Balaban J connectivity index is 2.54. The molecule has 4 N–H and O–H groups in total. The summed E-state index contributed by atoms with van der Waals surface area (Å²) >= 11 is 0. The fourth-order valence-corrected chi connectivity index (χ4v) is 1.47. The molecule has 1 atom stereocenters. The number of anilines is 2. The van der Waals surface area contributed by atoms with E-state index in [2.05, 4.69) is 5.32 Å². The lowest BCUT2D eigenvalue weighted by Crippen LogP contribution is -2.52. The van der Waals surface area contributed by atoms with E-state index >= 15 is 0 Å². The summed E-state index contributed by atoms with van der Waals surface area (Å²) in [7, 11) is 0. The van der Waals surface area contributed by atoms with Gasteiger partial charge in [0.05, 0.1) is 11.4 Å². The van der Waals surface area contributed by atoms with Crippen LogP contribution >= 0.6 is 0 Å². The molecule has 0 aromatic heterocycles. The number of primary amides is 1. The van der Waals surface area contributed by atoms with E-state index in [0.717, 1.165) is 4.90 Å². The zero-order valence-electron chi connectivity index (χ0n) is 7.68. The first kappa shape index (κ1) is 9.47. The third-order valence-corrected chi connectivity index (χ3v) is 2.14. The summed E-state index contributed by atoms with van der Waals surface area (Å²) in [5.74, 6) is -0.674. The number of benzene rings is 1. The first-order valence-corrected chi connectivity index (χ1v) is 4.28. The van der Waals surface area contributed by atoms with Crippen LogP contribution in [0.1, 0.15) is 0 Å². The number of carbonyl (C=O) groups excluding carboxylic acids is 2. The molecule has 0 saturated heterocycles. The predicted octanol–water partition coefficient (Wildman–Crippen LogP) is -0.158. The van der Waals surface area contributed by atoms with Crippen LogP contribution in [-0.2, 0) is 4.79 Å². The Morgan fingerprint density at radius 3 is 2.80 bits per heavy atom. The van der Waals surface area contributed by atoms with Crippen LogP contribution in [0.3, 0.4) is 0 Å². The van der Waals surface area contributed by atoms with Crippen LogP contribution in [0.4, 0.5) is 16.2 Å². The van der Waals surface area contributed by atoms with Crippen molar-refractivity contribution in [2.75, 3.05) is 10.2 Å². The first-order valence-electron chi connectivity index (χ1n) is 4.28. The quantitative estimate of drug-likeness (QED) is 0.551. The van der Waals surface area contributed by atoms with Crippen molar-refractivity contribution in [2.24, 2.45) is 5.73 Å². The molecule has 0 saturated carbocycles. The predicted molar refractivity (Wildman–Crippen MR) is 53.1 cm³/mol. The molecule has 1 heterocycles. The highest BCUT2D eigenvalue weighted by atomic mass is 16.3. The van der Waals surface area contributed by atoms with Crippen molar-refractivity contribution < 1.29 is 14.7 Å². The van der Waals surface area contributed by atoms with E-state index in [0.29, 0.717) is 11.4 Å². The molecule has 0 aliphatic carbocycles. The minimum absolute atomic E-state index is 0.386. The average molecular weight is 207 g/mol. The minimum atomic E-state index is -1.57. The van der Waals surface area contributed by atoms with Crippen molar-refractivity contribution in [1.29, 1.82) is 0 Å². The Morgan fingerprint density at radius 2 is 2.13 bits per heavy atom. The highest BCUT2D eigenvalue weighted by Crippen LogP contribution is 2.30. The van der Waals surface area contributed by atoms with Gasteiger partial charge in [0, 0.05) is 0 Å². The van der Waals surface area contributed by atoms with Gasteiger partial charge in [-0.05, 0) is 12.1 Å². The summed E-state index contributed by atoms with van der Waals surface area (Å²) in [4.78, 5) is 23.2. The van der Waals surface area contributed by atoms with Gasteiger partial charge in [0.2, 0.25) is 6.23 Å². The number of urea groups is 1. The molecular weight excluding hydrogens is 198 g/mol. The van der Waals surface area contributed by atoms with Gasteiger partial charge in [-0.3, -0.25) is 9.69 Å². The van der Waals surface area contributed by atoms with Gasteiger partial charge in [-0.1, -0.05) is 12.1 Å². The standard InChI is InChI=1S/C9H9N3O3/c10-9(15)12-6-4-2-1-3-5(6)11-7(13)8(12)14/h1-4,8,14H,(H2,10,15)(H,11,13).